The lowest BCUT2D eigenvalue weighted by atomic mass is 10.3. The van der Waals surface area contributed by atoms with Gasteiger partial charge in [-0.25, -0.2) is 0 Å². The molecule has 0 N–H and O–H groups in total. The summed E-state index contributed by atoms with van der Waals surface area (Å²) in [6.45, 7) is 4.42. The Morgan fingerprint density at radius 3 is 2.92 bits per heavy atom. The van der Waals surface area contributed by atoms with Gasteiger partial charge in [0.1, 0.15) is 0 Å². The highest BCUT2D eigenvalue weighted by Gasteiger charge is 2.04. The number of pyridine rings is 1. The molecule has 0 bridgehead atoms. The Hall–Kier alpha value is -0.500. The molecular formula is C10H15NS. The minimum atomic E-state index is 0.533. The molecule has 66 valence electrons. The SMILES string of the molecule is CCCSC(C)c1ccccn1. The summed E-state index contributed by atoms with van der Waals surface area (Å²) in [5.74, 6) is 1.22. The molecule has 1 atom stereocenters. The highest BCUT2D eigenvalue weighted by molar-refractivity contribution is 7.99. The second-order valence-electron chi connectivity index (χ2n) is 2.77. The van der Waals surface area contributed by atoms with Gasteiger partial charge in [0.05, 0.1) is 5.69 Å². The van der Waals surface area contributed by atoms with Gasteiger partial charge in [-0.15, -0.1) is 0 Å². The maximum Gasteiger partial charge on any atom is 0.0530 e. The second kappa shape index (κ2) is 5.20. The van der Waals surface area contributed by atoms with E-state index in [2.05, 4.69) is 24.9 Å². The summed E-state index contributed by atoms with van der Waals surface area (Å²) in [4.78, 5) is 4.31. The zero-order valence-corrected chi connectivity index (χ0v) is 8.47. The number of thioether (sulfide) groups is 1. The van der Waals surface area contributed by atoms with Gasteiger partial charge in [-0.3, -0.25) is 4.98 Å². The first-order valence-electron chi connectivity index (χ1n) is 4.37. The van der Waals surface area contributed by atoms with Crippen molar-refractivity contribution in [2.45, 2.75) is 25.5 Å². The van der Waals surface area contributed by atoms with Crippen LogP contribution < -0.4 is 0 Å². The predicted molar refractivity (Wildman–Crippen MR) is 55.4 cm³/mol. The van der Waals surface area contributed by atoms with Crippen LogP contribution in [-0.4, -0.2) is 10.7 Å². The van der Waals surface area contributed by atoms with Crippen molar-refractivity contribution in [2.24, 2.45) is 0 Å². The van der Waals surface area contributed by atoms with E-state index in [4.69, 9.17) is 0 Å². The van der Waals surface area contributed by atoms with Crippen molar-refractivity contribution in [1.82, 2.24) is 4.98 Å². The maximum absolute atomic E-state index is 4.31. The van der Waals surface area contributed by atoms with Gasteiger partial charge in [0, 0.05) is 11.4 Å². The van der Waals surface area contributed by atoms with Crippen molar-refractivity contribution < 1.29 is 0 Å². The molecule has 1 aromatic heterocycles. The Labute approximate surface area is 78.6 Å². The fourth-order valence-corrected chi connectivity index (χ4v) is 1.90. The lowest BCUT2D eigenvalue weighted by molar-refractivity contribution is 0.996. The molecule has 1 aromatic rings. The first-order chi connectivity index (χ1) is 5.84. The van der Waals surface area contributed by atoms with Crippen LogP contribution >= 0.6 is 11.8 Å². The van der Waals surface area contributed by atoms with Crippen molar-refractivity contribution in [1.29, 1.82) is 0 Å². The van der Waals surface area contributed by atoms with Gasteiger partial charge in [-0.05, 0) is 31.2 Å². The smallest absolute Gasteiger partial charge is 0.0530 e. The largest absolute Gasteiger partial charge is 0.260 e. The summed E-state index contributed by atoms with van der Waals surface area (Å²) < 4.78 is 0. The molecule has 0 aliphatic carbocycles. The fraction of sp³-hybridized carbons (Fsp3) is 0.500. The van der Waals surface area contributed by atoms with Crippen molar-refractivity contribution in [2.75, 3.05) is 5.75 Å². The Bertz CT molecular complexity index is 210. The summed E-state index contributed by atoms with van der Waals surface area (Å²) >= 11 is 1.97. The normalized spacial score (nSPS) is 12.8. The van der Waals surface area contributed by atoms with Crippen LogP contribution in [0.4, 0.5) is 0 Å². The lowest BCUT2D eigenvalue weighted by Crippen LogP contribution is -1.92. The van der Waals surface area contributed by atoms with Crippen LogP contribution in [0.5, 0.6) is 0 Å². The molecule has 0 saturated heterocycles. The van der Waals surface area contributed by atoms with Gasteiger partial charge in [0.25, 0.3) is 0 Å². The molecule has 12 heavy (non-hydrogen) atoms. The molecule has 1 heterocycles. The molecule has 1 unspecified atom stereocenters. The maximum atomic E-state index is 4.31. The van der Waals surface area contributed by atoms with E-state index in [1.165, 1.54) is 17.9 Å². The summed E-state index contributed by atoms with van der Waals surface area (Å²) in [5, 5.41) is 0.533. The number of rotatable bonds is 4. The molecule has 0 aliphatic heterocycles. The van der Waals surface area contributed by atoms with E-state index >= 15 is 0 Å². The van der Waals surface area contributed by atoms with Crippen LogP contribution in [-0.2, 0) is 0 Å². The second-order valence-corrected chi connectivity index (χ2v) is 4.22. The van der Waals surface area contributed by atoms with Gasteiger partial charge in [-0.2, -0.15) is 11.8 Å². The first-order valence-corrected chi connectivity index (χ1v) is 5.42. The molecule has 0 aromatic carbocycles. The molecule has 0 amide bonds. The number of hydrogen-bond acceptors (Lipinski definition) is 2. The van der Waals surface area contributed by atoms with Gasteiger partial charge in [0.2, 0.25) is 0 Å². The molecule has 0 saturated carbocycles. The lowest BCUT2D eigenvalue weighted by Gasteiger charge is -2.08. The van der Waals surface area contributed by atoms with E-state index in [1.54, 1.807) is 0 Å². The fourth-order valence-electron chi connectivity index (χ4n) is 0.996. The zero-order chi connectivity index (χ0) is 8.81. The predicted octanol–water partition coefficient (Wildman–Crippen LogP) is 3.29. The zero-order valence-electron chi connectivity index (χ0n) is 7.66. The van der Waals surface area contributed by atoms with E-state index < -0.39 is 0 Å². The van der Waals surface area contributed by atoms with Crippen LogP contribution in [0.15, 0.2) is 24.4 Å². The van der Waals surface area contributed by atoms with E-state index in [9.17, 15) is 0 Å². The number of nitrogens with zero attached hydrogens (tertiary/aromatic N) is 1. The highest BCUT2D eigenvalue weighted by Crippen LogP contribution is 2.26. The summed E-state index contributed by atoms with van der Waals surface area (Å²) in [6, 6.07) is 6.10. The van der Waals surface area contributed by atoms with Crippen LogP contribution in [0.3, 0.4) is 0 Å². The number of aromatic nitrogens is 1. The third-order valence-corrected chi connectivity index (χ3v) is 3.06. The Balaban J connectivity index is 2.48. The molecule has 0 aliphatic rings. The number of hydrogen-bond donors (Lipinski definition) is 0. The summed E-state index contributed by atoms with van der Waals surface area (Å²) in [5.41, 5.74) is 1.19. The van der Waals surface area contributed by atoms with Gasteiger partial charge in [0.15, 0.2) is 0 Å². The molecule has 0 fully saturated rings. The molecule has 0 radical (unpaired) electrons. The van der Waals surface area contributed by atoms with E-state index in [0.717, 1.165) is 0 Å². The molecule has 0 spiro atoms. The van der Waals surface area contributed by atoms with Crippen molar-refractivity contribution >= 4 is 11.8 Å². The molecule has 2 heteroatoms. The monoisotopic (exact) mass is 181 g/mol. The van der Waals surface area contributed by atoms with Crippen LogP contribution in [0.1, 0.15) is 31.2 Å². The molecular weight excluding hydrogens is 166 g/mol. The van der Waals surface area contributed by atoms with Crippen molar-refractivity contribution in [3.8, 4) is 0 Å². The summed E-state index contributed by atoms with van der Waals surface area (Å²) in [6.07, 6.45) is 3.10. The van der Waals surface area contributed by atoms with Gasteiger partial charge in [-0.1, -0.05) is 13.0 Å². The minimum absolute atomic E-state index is 0.533. The van der Waals surface area contributed by atoms with Crippen LogP contribution in [0, 0.1) is 0 Å². The standard InChI is InChI=1S/C10H15NS/c1-3-8-12-9(2)10-6-4-5-7-11-10/h4-7,9H,3,8H2,1-2H3. The highest BCUT2D eigenvalue weighted by atomic mass is 32.2. The molecule has 1 rings (SSSR count). The molecule has 1 nitrogen and oxygen atoms in total. The van der Waals surface area contributed by atoms with E-state index in [-0.39, 0.29) is 0 Å². The van der Waals surface area contributed by atoms with Crippen molar-refractivity contribution in [3.05, 3.63) is 30.1 Å². The topological polar surface area (TPSA) is 12.9 Å². The van der Waals surface area contributed by atoms with Crippen LogP contribution in [0.2, 0.25) is 0 Å². The van der Waals surface area contributed by atoms with Crippen LogP contribution in [0.25, 0.3) is 0 Å². The van der Waals surface area contributed by atoms with Gasteiger partial charge >= 0.3 is 0 Å². The van der Waals surface area contributed by atoms with Crippen molar-refractivity contribution in [3.63, 3.8) is 0 Å². The summed E-state index contributed by atoms with van der Waals surface area (Å²) in [7, 11) is 0. The average Bonchev–Trinajstić information content (AvgIpc) is 2.15. The third kappa shape index (κ3) is 2.86. The van der Waals surface area contributed by atoms with Gasteiger partial charge < -0.3 is 0 Å². The average molecular weight is 181 g/mol. The minimum Gasteiger partial charge on any atom is -0.260 e. The Morgan fingerprint density at radius 1 is 1.50 bits per heavy atom. The Morgan fingerprint density at radius 2 is 2.33 bits per heavy atom. The van der Waals surface area contributed by atoms with E-state index in [1.807, 2.05) is 30.1 Å². The first kappa shape index (κ1) is 9.59. The van der Waals surface area contributed by atoms with E-state index in [0.29, 0.717) is 5.25 Å². The quantitative estimate of drug-likeness (QED) is 0.707. The Kier molecular flexibility index (Phi) is 4.15. The third-order valence-electron chi connectivity index (χ3n) is 1.68.